The molecule has 96 valence electrons. The number of nitrogens with zero attached hydrogens (tertiary/aromatic N) is 1. The molecule has 2 aromatic rings. The zero-order chi connectivity index (χ0) is 13.1. The molecule has 2 heteroatoms. The van der Waals surface area contributed by atoms with E-state index in [1.54, 1.807) is 0 Å². The Morgan fingerprint density at radius 2 is 1.63 bits per heavy atom. The minimum atomic E-state index is 0.783. The highest BCUT2D eigenvalue weighted by Gasteiger charge is 2.16. The zero-order valence-corrected chi connectivity index (χ0v) is 11.5. The topological polar surface area (TPSA) is 3.24 Å². The van der Waals surface area contributed by atoms with Crippen molar-refractivity contribution in [2.45, 2.75) is 12.8 Å². The van der Waals surface area contributed by atoms with E-state index in [9.17, 15) is 0 Å². The first-order valence-corrected chi connectivity index (χ1v) is 7.01. The molecule has 0 saturated carbocycles. The van der Waals surface area contributed by atoms with Gasteiger partial charge in [0.2, 0.25) is 0 Å². The summed E-state index contributed by atoms with van der Waals surface area (Å²) < 4.78 is 0. The van der Waals surface area contributed by atoms with Gasteiger partial charge in [-0.25, -0.2) is 0 Å². The van der Waals surface area contributed by atoms with Crippen LogP contribution in [0.2, 0.25) is 5.02 Å². The number of benzene rings is 2. The summed E-state index contributed by atoms with van der Waals surface area (Å²) in [5.74, 6) is 0. The lowest BCUT2D eigenvalue weighted by Gasteiger charge is -2.31. The predicted octanol–water partition coefficient (Wildman–Crippen LogP) is 4.98. The minimum absolute atomic E-state index is 0.783. The van der Waals surface area contributed by atoms with E-state index in [0.717, 1.165) is 18.0 Å². The highest BCUT2D eigenvalue weighted by Crippen LogP contribution is 2.30. The molecule has 2 aromatic carbocycles. The third-order valence-corrected chi connectivity index (χ3v) is 3.67. The molecule has 3 rings (SSSR count). The first kappa shape index (κ1) is 12.3. The van der Waals surface area contributed by atoms with Gasteiger partial charge in [0.15, 0.2) is 0 Å². The summed E-state index contributed by atoms with van der Waals surface area (Å²) in [5, 5.41) is 0.783. The Bertz CT molecular complexity index is 572. The minimum Gasteiger partial charge on any atom is -0.341 e. The fourth-order valence-corrected chi connectivity index (χ4v) is 2.62. The number of allylic oxidation sites excluding steroid dienone is 1. The molecular formula is C17H16ClN. The molecule has 0 N–H and O–H groups in total. The Kier molecular flexibility index (Phi) is 3.56. The lowest BCUT2D eigenvalue weighted by atomic mass is 10.0. The van der Waals surface area contributed by atoms with Gasteiger partial charge < -0.3 is 4.90 Å². The number of anilines is 1. The van der Waals surface area contributed by atoms with E-state index in [-0.39, 0.29) is 0 Å². The van der Waals surface area contributed by atoms with E-state index in [2.05, 4.69) is 53.4 Å². The molecule has 1 aliphatic rings. The number of hydrogen-bond acceptors (Lipinski definition) is 1. The van der Waals surface area contributed by atoms with Crippen LogP contribution in [0.25, 0.3) is 5.70 Å². The molecule has 0 aromatic heterocycles. The van der Waals surface area contributed by atoms with Crippen LogP contribution in [-0.4, -0.2) is 6.54 Å². The molecule has 1 aliphatic heterocycles. The van der Waals surface area contributed by atoms with E-state index in [1.165, 1.54) is 23.4 Å². The Balaban J connectivity index is 1.97. The summed E-state index contributed by atoms with van der Waals surface area (Å²) in [4.78, 5) is 2.37. The average molecular weight is 270 g/mol. The van der Waals surface area contributed by atoms with Crippen molar-refractivity contribution in [1.29, 1.82) is 0 Å². The molecule has 0 bridgehead atoms. The maximum absolute atomic E-state index is 5.97. The van der Waals surface area contributed by atoms with E-state index in [4.69, 9.17) is 11.6 Å². The van der Waals surface area contributed by atoms with Crippen LogP contribution in [-0.2, 0) is 0 Å². The van der Waals surface area contributed by atoms with Crippen molar-refractivity contribution in [2.24, 2.45) is 0 Å². The molecular weight excluding hydrogens is 254 g/mol. The second kappa shape index (κ2) is 5.50. The summed E-state index contributed by atoms with van der Waals surface area (Å²) in [5.41, 5.74) is 3.78. The first-order valence-electron chi connectivity index (χ1n) is 6.63. The van der Waals surface area contributed by atoms with Gasteiger partial charge in [0.25, 0.3) is 0 Å². The van der Waals surface area contributed by atoms with Gasteiger partial charge in [-0.2, -0.15) is 0 Å². The van der Waals surface area contributed by atoms with Crippen LogP contribution in [0.5, 0.6) is 0 Å². The fraction of sp³-hybridized carbons (Fsp3) is 0.176. The van der Waals surface area contributed by atoms with Gasteiger partial charge in [-0.15, -0.1) is 0 Å². The van der Waals surface area contributed by atoms with Crippen LogP contribution in [0.1, 0.15) is 18.4 Å². The van der Waals surface area contributed by atoms with E-state index in [1.807, 2.05) is 12.1 Å². The first-order chi connectivity index (χ1) is 9.34. The second-order valence-electron chi connectivity index (χ2n) is 4.73. The molecule has 1 heterocycles. The number of hydrogen-bond donors (Lipinski definition) is 0. The van der Waals surface area contributed by atoms with Crippen LogP contribution in [0.3, 0.4) is 0 Å². The number of rotatable bonds is 2. The van der Waals surface area contributed by atoms with E-state index in [0.29, 0.717) is 0 Å². The number of halogens is 1. The normalized spacial score (nSPS) is 15.2. The van der Waals surface area contributed by atoms with Crippen molar-refractivity contribution >= 4 is 23.0 Å². The lowest BCUT2D eigenvalue weighted by Crippen LogP contribution is -2.25. The third-order valence-electron chi connectivity index (χ3n) is 3.42. The zero-order valence-electron chi connectivity index (χ0n) is 10.7. The highest BCUT2D eigenvalue weighted by molar-refractivity contribution is 6.30. The Morgan fingerprint density at radius 3 is 2.37 bits per heavy atom. The fourth-order valence-electron chi connectivity index (χ4n) is 2.49. The third kappa shape index (κ3) is 2.66. The summed E-state index contributed by atoms with van der Waals surface area (Å²) in [7, 11) is 0. The predicted molar refractivity (Wildman–Crippen MR) is 82.5 cm³/mol. The quantitative estimate of drug-likeness (QED) is 0.743. The van der Waals surface area contributed by atoms with Gasteiger partial charge in [0, 0.05) is 23.0 Å². The van der Waals surface area contributed by atoms with Crippen LogP contribution < -0.4 is 4.90 Å². The van der Waals surface area contributed by atoms with Crippen molar-refractivity contribution < 1.29 is 0 Å². The summed E-state index contributed by atoms with van der Waals surface area (Å²) in [6.45, 7) is 1.06. The van der Waals surface area contributed by atoms with Crippen molar-refractivity contribution in [3.63, 3.8) is 0 Å². The maximum atomic E-state index is 5.97. The SMILES string of the molecule is Clc1ccc(N2CCCC=C2c2ccccc2)cc1. The van der Waals surface area contributed by atoms with Gasteiger partial charge in [-0.1, -0.05) is 48.0 Å². The van der Waals surface area contributed by atoms with E-state index < -0.39 is 0 Å². The molecule has 0 saturated heterocycles. The molecule has 0 spiro atoms. The van der Waals surface area contributed by atoms with Crippen molar-refractivity contribution in [2.75, 3.05) is 11.4 Å². The van der Waals surface area contributed by atoms with Gasteiger partial charge >= 0.3 is 0 Å². The molecule has 0 radical (unpaired) electrons. The molecule has 19 heavy (non-hydrogen) atoms. The second-order valence-corrected chi connectivity index (χ2v) is 5.16. The molecule has 0 atom stereocenters. The molecule has 0 unspecified atom stereocenters. The highest BCUT2D eigenvalue weighted by atomic mass is 35.5. The van der Waals surface area contributed by atoms with Crippen molar-refractivity contribution in [1.82, 2.24) is 0 Å². The van der Waals surface area contributed by atoms with Crippen LogP contribution in [0.4, 0.5) is 5.69 Å². The average Bonchev–Trinajstić information content (AvgIpc) is 2.49. The smallest absolute Gasteiger partial charge is 0.0443 e. The van der Waals surface area contributed by atoms with Crippen molar-refractivity contribution in [3.05, 3.63) is 71.3 Å². The maximum Gasteiger partial charge on any atom is 0.0443 e. The molecule has 0 aliphatic carbocycles. The van der Waals surface area contributed by atoms with Gasteiger partial charge in [0.05, 0.1) is 0 Å². The monoisotopic (exact) mass is 269 g/mol. The molecule has 1 nitrogen and oxygen atoms in total. The Hall–Kier alpha value is -1.73. The van der Waals surface area contributed by atoms with Gasteiger partial charge in [0.1, 0.15) is 0 Å². The van der Waals surface area contributed by atoms with Crippen LogP contribution >= 0.6 is 11.6 Å². The summed E-state index contributed by atoms with van der Waals surface area (Å²) >= 11 is 5.97. The van der Waals surface area contributed by atoms with Gasteiger partial charge in [-0.05, 0) is 42.7 Å². The van der Waals surface area contributed by atoms with Gasteiger partial charge in [-0.3, -0.25) is 0 Å². The summed E-state index contributed by atoms with van der Waals surface area (Å²) in [6.07, 6.45) is 4.67. The van der Waals surface area contributed by atoms with Crippen LogP contribution in [0.15, 0.2) is 60.7 Å². The Morgan fingerprint density at radius 1 is 0.895 bits per heavy atom. The molecule has 0 amide bonds. The standard InChI is InChI=1S/C17H16ClN/c18-15-9-11-16(12-10-15)19-13-5-4-8-17(19)14-6-2-1-3-7-14/h1-3,6-12H,4-5,13H2. The lowest BCUT2D eigenvalue weighted by molar-refractivity contribution is 0.798. The largest absolute Gasteiger partial charge is 0.341 e. The molecule has 0 fully saturated rings. The summed E-state index contributed by atoms with van der Waals surface area (Å²) in [6, 6.07) is 18.6. The van der Waals surface area contributed by atoms with Crippen molar-refractivity contribution in [3.8, 4) is 0 Å². The van der Waals surface area contributed by atoms with E-state index >= 15 is 0 Å². The Labute approximate surface area is 119 Å². The van der Waals surface area contributed by atoms with Crippen LogP contribution in [0, 0.1) is 0 Å².